The van der Waals surface area contributed by atoms with Crippen molar-refractivity contribution >= 4 is 29.9 Å². The Bertz CT molecular complexity index is 907. The zero-order valence-electron chi connectivity index (χ0n) is 15.2. The van der Waals surface area contributed by atoms with Crippen molar-refractivity contribution in [2.24, 2.45) is 0 Å². The molecule has 2 rings (SSSR count). The van der Waals surface area contributed by atoms with E-state index < -0.39 is 29.9 Å². The molecular weight excluding hydrogens is 364 g/mol. The van der Waals surface area contributed by atoms with Crippen LogP contribution in [0, 0.1) is 13.8 Å². The Balaban J connectivity index is 2.21. The molecule has 28 heavy (non-hydrogen) atoms. The van der Waals surface area contributed by atoms with E-state index in [1.807, 2.05) is 13.8 Å². The molecule has 7 nitrogen and oxygen atoms in total. The highest BCUT2D eigenvalue weighted by Crippen LogP contribution is 2.19. The molecule has 144 valence electrons. The van der Waals surface area contributed by atoms with Gasteiger partial charge in [0.2, 0.25) is 18.0 Å². The average molecular weight is 382 g/mol. The maximum Gasteiger partial charge on any atom is 0.349 e. The van der Waals surface area contributed by atoms with Gasteiger partial charge >= 0.3 is 11.9 Å². The lowest BCUT2D eigenvalue weighted by atomic mass is 10.1. The van der Waals surface area contributed by atoms with E-state index in [-0.39, 0.29) is 17.4 Å². The second kappa shape index (κ2) is 9.30. The van der Waals surface area contributed by atoms with E-state index in [0.717, 1.165) is 11.1 Å². The molecule has 0 amide bonds. The highest BCUT2D eigenvalue weighted by molar-refractivity contribution is 5.92. The Hall–Kier alpha value is -3.70. The van der Waals surface area contributed by atoms with Crippen LogP contribution in [-0.4, -0.2) is 41.5 Å². The van der Waals surface area contributed by atoms with Gasteiger partial charge in [-0.1, -0.05) is 47.5 Å². The Labute approximate surface area is 161 Å². The van der Waals surface area contributed by atoms with Gasteiger partial charge in [-0.05, 0) is 26.0 Å². The van der Waals surface area contributed by atoms with E-state index in [4.69, 9.17) is 9.47 Å². The number of aliphatic carboxylic acids is 1. The fourth-order valence-electron chi connectivity index (χ4n) is 2.28. The van der Waals surface area contributed by atoms with Crippen LogP contribution < -0.4 is 0 Å². The third kappa shape index (κ3) is 5.16. The predicted octanol–water partition coefficient (Wildman–Crippen LogP) is 2.37. The number of hydrogen-bond donors (Lipinski definition) is 1. The smallest absolute Gasteiger partial charge is 0.349 e. The molecule has 0 aliphatic rings. The number of esters is 1. The van der Waals surface area contributed by atoms with Gasteiger partial charge in [-0.15, -0.1) is 0 Å². The normalized spacial score (nSPS) is 12.2. The molecule has 0 saturated carbocycles. The second-order valence-electron chi connectivity index (χ2n) is 6.05. The Morgan fingerprint density at radius 2 is 1.43 bits per heavy atom. The van der Waals surface area contributed by atoms with Crippen LogP contribution in [0.3, 0.4) is 0 Å². The van der Waals surface area contributed by atoms with E-state index in [9.17, 15) is 24.3 Å². The number of carbonyl (C=O) groups excluding carboxylic acids is 3. The molecule has 0 fully saturated rings. The van der Waals surface area contributed by atoms with E-state index in [1.165, 1.54) is 18.1 Å². The van der Waals surface area contributed by atoms with Crippen molar-refractivity contribution in [1.29, 1.82) is 0 Å². The standard InChI is InChI=1S/C21H18O7/c1-13-3-7-15(8-4-13)17(11-22)27-19(20(24)25)18(12-23)28-21(26)16-9-5-14(2)6-10-16/h3-10,12,18-19H,1-2H3,(H,24,25). The molecule has 0 heterocycles. The summed E-state index contributed by atoms with van der Waals surface area (Å²) in [6, 6.07) is 12.8. The maximum atomic E-state index is 12.2. The number of carbonyl (C=O) groups is 3. The lowest BCUT2D eigenvalue weighted by Gasteiger charge is -2.21. The van der Waals surface area contributed by atoms with Gasteiger partial charge in [-0.3, -0.25) is 4.79 Å². The number of hydrogen-bond acceptors (Lipinski definition) is 6. The Morgan fingerprint density at radius 3 is 1.86 bits per heavy atom. The van der Waals surface area contributed by atoms with Crippen molar-refractivity contribution in [3.63, 3.8) is 0 Å². The van der Waals surface area contributed by atoms with Crippen molar-refractivity contribution in [3.05, 3.63) is 70.8 Å². The Morgan fingerprint density at radius 1 is 0.929 bits per heavy atom. The molecule has 0 aliphatic heterocycles. The number of ether oxygens (including phenoxy) is 2. The summed E-state index contributed by atoms with van der Waals surface area (Å²) in [4.78, 5) is 46.4. The van der Waals surface area contributed by atoms with Crippen molar-refractivity contribution in [2.75, 3.05) is 0 Å². The average Bonchev–Trinajstić information content (AvgIpc) is 2.68. The van der Waals surface area contributed by atoms with Crippen LogP contribution in [-0.2, 0) is 23.9 Å². The van der Waals surface area contributed by atoms with Gasteiger partial charge in [0.25, 0.3) is 0 Å². The number of aldehydes is 1. The van der Waals surface area contributed by atoms with Crippen molar-refractivity contribution in [1.82, 2.24) is 0 Å². The Kier molecular flexibility index (Phi) is 6.84. The molecule has 1 N–H and O–H groups in total. The molecule has 7 heteroatoms. The van der Waals surface area contributed by atoms with Crippen molar-refractivity contribution in [2.45, 2.75) is 26.1 Å². The van der Waals surface area contributed by atoms with Crippen LogP contribution in [0.5, 0.6) is 0 Å². The summed E-state index contributed by atoms with van der Waals surface area (Å²) < 4.78 is 10.2. The van der Waals surface area contributed by atoms with E-state index in [2.05, 4.69) is 0 Å². The largest absolute Gasteiger partial charge is 0.478 e. The summed E-state index contributed by atoms with van der Waals surface area (Å²) >= 11 is 0. The summed E-state index contributed by atoms with van der Waals surface area (Å²) in [5.74, 6) is -1.36. The summed E-state index contributed by atoms with van der Waals surface area (Å²) in [5.41, 5.74) is 2.25. The minimum absolute atomic E-state index is 0.141. The zero-order chi connectivity index (χ0) is 20.7. The summed E-state index contributed by atoms with van der Waals surface area (Å²) in [5, 5.41) is 9.41. The van der Waals surface area contributed by atoms with Gasteiger partial charge in [-0.2, -0.15) is 0 Å². The minimum Gasteiger partial charge on any atom is -0.478 e. The fraction of sp³-hybridized carbons (Fsp3) is 0.190. The molecule has 0 aliphatic carbocycles. The van der Waals surface area contributed by atoms with Gasteiger partial charge in [-0.25, -0.2) is 14.4 Å². The van der Waals surface area contributed by atoms with E-state index >= 15 is 0 Å². The van der Waals surface area contributed by atoms with Crippen LogP contribution in [0.4, 0.5) is 0 Å². The van der Waals surface area contributed by atoms with Gasteiger partial charge < -0.3 is 14.6 Å². The molecule has 0 bridgehead atoms. The van der Waals surface area contributed by atoms with Crippen LogP contribution >= 0.6 is 0 Å². The van der Waals surface area contributed by atoms with Gasteiger partial charge in [0.1, 0.15) is 0 Å². The SMILES string of the molecule is Cc1ccc(C(=O)OC(C=O)C(OC(=C=O)c2ccc(C)cc2)C(=O)O)cc1. The second-order valence-corrected chi connectivity index (χ2v) is 6.05. The van der Waals surface area contributed by atoms with Gasteiger partial charge in [0.15, 0.2) is 12.2 Å². The van der Waals surface area contributed by atoms with Crippen LogP contribution in [0.25, 0.3) is 5.76 Å². The summed E-state index contributed by atoms with van der Waals surface area (Å²) in [6.07, 6.45) is -3.53. The highest BCUT2D eigenvalue weighted by atomic mass is 16.6. The summed E-state index contributed by atoms with van der Waals surface area (Å²) in [7, 11) is 0. The third-order valence-corrected chi connectivity index (χ3v) is 3.86. The first-order valence-corrected chi connectivity index (χ1v) is 8.30. The number of benzene rings is 2. The van der Waals surface area contributed by atoms with Crippen LogP contribution in [0.2, 0.25) is 0 Å². The first-order valence-electron chi connectivity index (χ1n) is 8.30. The van der Waals surface area contributed by atoms with Gasteiger partial charge in [0.05, 0.1) is 5.56 Å². The number of aryl methyl sites for hydroxylation is 2. The minimum atomic E-state index is -1.91. The molecule has 0 radical (unpaired) electrons. The quantitative estimate of drug-likeness (QED) is 0.323. The van der Waals surface area contributed by atoms with Crippen LogP contribution in [0.15, 0.2) is 48.5 Å². The molecule has 0 saturated heterocycles. The molecule has 2 unspecified atom stereocenters. The van der Waals surface area contributed by atoms with E-state index in [0.29, 0.717) is 0 Å². The fourth-order valence-corrected chi connectivity index (χ4v) is 2.28. The number of rotatable bonds is 8. The lowest BCUT2D eigenvalue weighted by Crippen LogP contribution is -2.40. The molecular formula is C21H18O7. The first-order chi connectivity index (χ1) is 13.3. The number of carboxylic acids is 1. The number of carboxylic acid groups (broad SMARTS) is 1. The van der Waals surface area contributed by atoms with Crippen molar-refractivity contribution < 1.29 is 33.8 Å². The maximum absolute atomic E-state index is 12.2. The summed E-state index contributed by atoms with van der Waals surface area (Å²) in [6.45, 7) is 3.66. The predicted molar refractivity (Wildman–Crippen MR) is 99.2 cm³/mol. The molecule has 0 aromatic heterocycles. The van der Waals surface area contributed by atoms with Crippen molar-refractivity contribution in [3.8, 4) is 0 Å². The highest BCUT2D eigenvalue weighted by Gasteiger charge is 2.35. The molecule has 2 atom stereocenters. The topological polar surface area (TPSA) is 107 Å². The zero-order valence-corrected chi connectivity index (χ0v) is 15.2. The third-order valence-electron chi connectivity index (χ3n) is 3.86. The van der Waals surface area contributed by atoms with Crippen LogP contribution in [0.1, 0.15) is 27.0 Å². The molecule has 0 spiro atoms. The first kappa shape index (κ1) is 20.6. The lowest BCUT2D eigenvalue weighted by molar-refractivity contribution is -0.154. The molecule has 2 aromatic rings. The van der Waals surface area contributed by atoms with Gasteiger partial charge in [0, 0.05) is 5.56 Å². The van der Waals surface area contributed by atoms with E-state index in [1.54, 1.807) is 36.4 Å². The molecule has 2 aromatic carbocycles. The monoisotopic (exact) mass is 382 g/mol.